The highest BCUT2D eigenvalue weighted by molar-refractivity contribution is 7.15. The molecule has 0 atom stereocenters. The van der Waals surface area contributed by atoms with E-state index in [0.29, 0.717) is 6.61 Å². The monoisotopic (exact) mass is 283 g/mol. The van der Waals surface area contributed by atoms with Crippen molar-refractivity contribution in [2.24, 2.45) is 0 Å². The summed E-state index contributed by atoms with van der Waals surface area (Å²) < 4.78 is 5.05. The lowest BCUT2D eigenvalue weighted by atomic mass is 10.3. The van der Waals surface area contributed by atoms with Crippen molar-refractivity contribution in [1.82, 2.24) is 9.97 Å². The maximum absolute atomic E-state index is 5.05. The van der Waals surface area contributed by atoms with Crippen LogP contribution < -0.4 is 5.32 Å². The Labute approximate surface area is 115 Å². The number of nitrogens with one attached hydrogen (secondary N) is 1. The summed E-state index contributed by atoms with van der Waals surface area (Å²) in [5.74, 6) is 0. The first-order valence-corrected chi connectivity index (χ1v) is 7.55. The predicted octanol–water partition coefficient (Wildman–Crippen LogP) is 3.23. The minimum absolute atomic E-state index is 0.584. The Balaban J connectivity index is 1.93. The van der Waals surface area contributed by atoms with Crippen LogP contribution in [0.4, 0.5) is 5.13 Å². The molecule has 18 heavy (non-hydrogen) atoms. The number of rotatable bonds is 6. The lowest BCUT2D eigenvalue weighted by molar-refractivity contribution is 0.184. The minimum Gasteiger partial charge on any atom is -0.378 e. The molecule has 0 bridgehead atoms. The lowest BCUT2D eigenvalue weighted by Gasteiger charge is -1.98. The van der Waals surface area contributed by atoms with Gasteiger partial charge in [0.25, 0.3) is 0 Å². The maximum atomic E-state index is 5.05. The van der Waals surface area contributed by atoms with E-state index in [2.05, 4.69) is 34.5 Å². The van der Waals surface area contributed by atoms with Crippen molar-refractivity contribution in [2.75, 3.05) is 12.4 Å². The average Bonchev–Trinajstić information content (AvgIpc) is 2.94. The molecule has 0 fully saturated rings. The van der Waals surface area contributed by atoms with Crippen LogP contribution in [0.2, 0.25) is 0 Å². The number of ether oxygens (including phenoxy) is 1. The number of hydrogen-bond acceptors (Lipinski definition) is 6. The molecule has 1 N–H and O–H groups in total. The van der Waals surface area contributed by atoms with Crippen molar-refractivity contribution in [1.29, 1.82) is 0 Å². The van der Waals surface area contributed by atoms with E-state index in [0.717, 1.165) is 34.5 Å². The van der Waals surface area contributed by atoms with Crippen molar-refractivity contribution in [3.05, 3.63) is 26.7 Å². The molecule has 2 heterocycles. The van der Waals surface area contributed by atoms with Gasteiger partial charge in [0.1, 0.15) is 5.01 Å². The lowest BCUT2D eigenvalue weighted by Crippen LogP contribution is -1.99. The van der Waals surface area contributed by atoms with Gasteiger partial charge in [-0.15, -0.1) is 22.7 Å². The summed E-state index contributed by atoms with van der Waals surface area (Å²) >= 11 is 3.35. The Bertz CT molecular complexity index is 507. The molecule has 0 aliphatic carbocycles. The van der Waals surface area contributed by atoms with Gasteiger partial charge >= 0.3 is 0 Å². The summed E-state index contributed by atoms with van der Waals surface area (Å²) in [6.07, 6.45) is 1.04. The third-order valence-corrected chi connectivity index (χ3v) is 4.63. The minimum atomic E-state index is 0.584. The van der Waals surface area contributed by atoms with Crippen LogP contribution in [-0.4, -0.2) is 17.1 Å². The van der Waals surface area contributed by atoms with Gasteiger partial charge in [0, 0.05) is 17.4 Å². The molecule has 0 aliphatic heterocycles. The Morgan fingerprint density at radius 3 is 2.89 bits per heavy atom. The highest BCUT2D eigenvalue weighted by atomic mass is 32.1. The summed E-state index contributed by atoms with van der Waals surface area (Å²) in [6, 6.07) is 0. The van der Waals surface area contributed by atoms with Crippen LogP contribution in [0.3, 0.4) is 0 Å². The summed E-state index contributed by atoms with van der Waals surface area (Å²) in [4.78, 5) is 10.3. The van der Waals surface area contributed by atoms with E-state index >= 15 is 0 Å². The third kappa shape index (κ3) is 3.28. The Morgan fingerprint density at radius 1 is 1.39 bits per heavy atom. The molecule has 0 aliphatic rings. The van der Waals surface area contributed by atoms with Gasteiger partial charge in [0.05, 0.1) is 24.5 Å². The van der Waals surface area contributed by atoms with E-state index in [1.165, 1.54) is 4.88 Å². The molecule has 0 radical (unpaired) electrons. The molecule has 6 heteroatoms. The number of anilines is 1. The molecular formula is C12H17N3OS2. The van der Waals surface area contributed by atoms with E-state index in [1.807, 2.05) is 0 Å². The molecule has 0 saturated heterocycles. The Hall–Kier alpha value is -0.980. The Kier molecular flexibility index (Phi) is 4.68. The van der Waals surface area contributed by atoms with Crippen LogP contribution in [0, 0.1) is 6.92 Å². The maximum Gasteiger partial charge on any atom is 0.183 e. The normalized spacial score (nSPS) is 10.8. The van der Waals surface area contributed by atoms with Crippen molar-refractivity contribution in [3.63, 3.8) is 0 Å². The highest BCUT2D eigenvalue weighted by Crippen LogP contribution is 2.23. The summed E-state index contributed by atoms with van der Waals surface area (Å²) in [5, 5.41) is 7.37. The summed E-state index contributed by atoms with van der Waals surface area (Å²) in [6.45, 7) is 5.51. The fourth-order valence-electron chi connectivity index (χ4n) is 1.62. The molecule has 2 aromatic rings. The molecule has 0 amide bonds. The van der Waals surface area contributed by atoms with E-state index in [1.54, 1.807) is 29.8 Å². The van der Waals surface area contributed by atoms with Crippen molar-refractivity contribution in [2.45, 2.75) is 33.4 Å². The van der Waals surface area contributed by atoms with Gasteiger partial charge in [-0.1, -0.05) is 6.92 Å². The van der Waals surface area contributed by atoms with Gasteiger partial charge in [-0.25, -0.2) is 9.97 Å². The van der Waals surface area contributed by atoms with Crippen molar-refractivity contribution in [3.8, 4) is 0 Å². The van der Waals surface area contributed by atoms with Gasteiger partial charge in [-0.05, 0) is 13.3 Å². The molecule has 0 spiro atoms. The first-order chi connectivity index (χ1) is 8.72. The number of thiazole rings is 2. The highest BCUT2D eigenvalue weighted by Gasteiger charge is 2.06. The molecule has 0 unspecified atom stereocenters. The predicted molar refractivity (Wildman–Crippen MR) is 76.4 cm³/mol. The molecule has 2 rings (SSSR count). The SMILES string of the molecule is CCc1sc(NCc2csc(COC)n2)nc1C. The molecule has 0 aromatic carbocycles. The molecule has 2 aromatic heterocycles. The third-order valence-electron chi connectivity index (χ3n) is 2.50. The second kappa shape index (κ2) is 6.26. The van der Waals surface area contributed by atoms with E-state index in [-0.39, 0.29) is 0 Å². The van der Waals surface area contributed by atoms with Gasteiger partial charge in [-0.3, -0.25) is 0 Å². The van der Waals surface area contributed by atoms with Crippen molar-refractivity contribution < 1.29 is 4.74 Å². The fraction of sp³-hybridized carbons (Fsp3) is 0.500. The van der Waals surface area contributed by atoms with Crippen LogP contribution in [0.1, 0.15) is 28.2 Å². The summed E-state index contributed by atoms with van der Waals surface area (Å²) in [5.41, 5.74) is 2.17. The van der Waals surface area contributed by atoms with E-state index in [9.17, 15) is 0 Å². The van der Waals surface area contributed by atoms with Crippen molar-refractivity contribution >= 4 is 27.8 Å². The number of hydrogen-bond donors (Lipinski definition) is 1. The zero-order valence-corrected chi connectivity index (χ0v) is 12.5. The van der Waals surface area contributed by atoms with Gasteiger partial charge in [-0.2, -0.15) is 0 Å². The first-order valence-electron chi connectivity index (χ1n) is 5.85. The van der Waals surface area contributed by atoms with E-state index < -0.39 is 0 Å². The first kappa shape index (κ1) is 13.5. The van der Waals surface area contributed by atoms with Crippen LogP contribution in [0.15, 0.2) is 5.38 Å². The van der Waals surface area contributed by atoms with Crippen LogP contribution in [0.5, 0.6) is 0 Å². The second-order valence-electron chi connectivity index (χ2n) is 3.90. The van der Waals surface area contributed by atoms with Crippen LogP contribution >= 0.6 is 22.7 Å². The molecular weight excluding hydrogens is 266 g/mol. The second-order valence-corrected chi connectivity index (χ2v) is 5.93. The summed E-state index contributed by atoms with van der Waals surface area (Å²) in [7, 11) is 1.68. The van der Waals surface area contributed by atoms with Crippen LogP contribution in [0.25, 0.3) is 0 Å². The van der Waals surface area contributed by atoms with Gasteiger partial charge in [0.15, 0.2) is 5.13 Å². The fourth-order valence-corrected chi connectivity index (χ4v) is 3.28. The molecule has 0 saturated carbocycles. The van der Waals surface area contributed by atoms with Crippen LogP contribution in [-0.2, 0) is 24.3 Å². The molecule has 4 nitrogen and oxygen atoms in total. The van der Waals surface area contributed by atoms with E-state index in [4.69, 9.17) is 4.74 Å². The zero-order valence-electron chi connectivity index (χ0n) is 10.8. The number of aryl methyl sites for hydroxylation is 2. The quantitative estimate of drug-likeness (QED) is 0.884. The standard InChI is InChI=1S/C12H17N3OS2/c1-4-10-8(2)14-12(18-10)13-5-9-7-17-11(15-9)6-16-3/h7H,4-6H2,1-3H3,(H,13,14). The molecule has 98 valence electrons. The topological polar surface area (TPSA) is 47.0 Å². The number of nitrogens with zero attached hydrogens (tertiary/aromatic N) is 2. The van der Waals surface area contributed by atoms with Gasteiger partial charge in [0.2, 0.25) is 0 Å². The number of aromatic nitrogens is 2. The number of methoxy groups -OCH3 is 1. The largest absolute Gasteiger partial charge is 0.378 e. The average molecular weight is 283 g/mol. The smallest absolute Gasteiger partial charge is 0.183 e. The van der Waals surface area contributed by atoms with Gasteiger partial charge < -0.3 is 10.1 Å². The zero-order chi connectivity index (χ0) is 13.0. The Morgan fingerprint density at radius 2 is 2.22 bits per heavy atom.